The number of nitrogens with zero attached hydrogens (tertiary/aromatic N) is 3. The van der Waals surface area contributed by atoms with Gasteiger partial charge in [-0.2, -0.15) is 0 Å². The Hall–Kier alpha value is -1.10. The summed E-state index contributed by atoms with van der Waals surface area (Å²) in [5, 5.41) is 3.44. The largest absolute Gasteiger partial charge is 0.378 e. The second-order valence-corrected chi connectivity index (χ2v) is 6.27. The maximum atomic E-state index is 3.44. The molecule has 1 N–H and O–H groups in total. The van der Waals surface area contributed by atoms with Gasteiger partial charge in [-0.05, 0) is 30.8 Å². The molecule has 1 aromatic rings. The molecule has 1 heterocycles. The predicted molar refractivity (Wildman–Crippen MR) is 95.7 cm³/mol. The fourth-order valence-electron chi connectivity index (χ4n) is 3.23. The van der Waals surface area contributed by atoms with Crippen molar-refractivity contribution in [2.24, 2.45) is 0 Å². The summed E-state index contributed by atoms with van der Waals surface area (Å²) in [5.74, 6) is 0. The zero-order chi connectivity index (χ0) is 15.9. The molecule has 0 aromatic heterocycles. The second kappa shape index (κ2) is 8.51. The van der Waals surface area contributed by atoms with Crippen molar-refractivity contribution in [2.75, 3.05) is 64.8 Å². The molecule has 0 saturated carbocycles. The summed E-state index contributed by atoms with van der Waals surface area (Å²) in [6, 6.07) is 9.58. The van der Waals surface area contributed by atoms with Gasteiger partial charge in [0.05, 0.1) is 0 Å². The molecule has 0 bridgehead atoms. The van der Waals surface area contributed by atoms with Crippen LogP contribution in [0.1, 0.15) is 25.5 Å². The SMILES string of the molecule is CCN(CC)C(CN1CCNCC1)c1ccc(N(C)C)cc1. The first-order valence-corrected chi connectivity index (χ1v) is 8.60. The Morgan fingerprint density at radius 2 is 1.64 bits per heavy atom. The summed E-state index contributed by atoms with van der Waals surface area (Å²) in [6.07, 6.45) is 0. The van der Waals surface area contributed by atoms with Gasteiger partial charge in [-0.3, -0.25) is 9.80 Å². The van der Waals surface area contributed by atoms with Crippen molar-refractivity contribution in [2.45, 2.75) is 19.9 Å². The van der Waals surface area contributed by atoms with Gasteiger partial charge < -0.3 is 10.2 Å². The number of likely N-dealkylation sites (N-methyl/N-ethyl adjacent to an activating group) is 1. The fraction of sp³-hybridized carbons (Fsp3) is 0.667. The topological polar surface area (TPSA) is 21.8 Å². The lowest BCUT2D eigenvalue weighted by Gasteiger charge is -2.36. The van der Waals surface area contributed by atoms with E-state index >= 15 is 0 Å². The Morgan fingerprint density at radius 1 is 1.05 bits per heavy atom. The van der Waals surface area contributed by atoms with E-state index in [-0.39, 0.29) is 0 Å². The number of anilines is 1. The molecule has 22 heavy (non-hydrogen) atoms. The molecule has 1 unspecified atom stereocenters. The van der Waals surface area contributed by atoms with Gasteiger partial charge in [-0.1, -0.05) is 26.0 Å². The van der Waals surface area contributed by atoms with E-state index < -0.39 is 0 Å². The molecular formula is C18H32N4. The molecule has 0 spiro atoms. The van der Waals surface area contributed by atoms with Crippen LogP contribution in [-0.2, 0) is 0 Å². The quantitative estimate of drug-likeness (QED) is 0.832. The molecule has 1 aliphatic rings. The van der Waals surface area contributed by atoms with Gasteiger partial charge >= 0.3 is 0 Å². The molecule has 124 valence electrons. The molecule has 0 amide bonds. The van der Waals surface area contributed by atoms with Crippen molar-refractivity contribution in [3.63, 3.8) is 0 Å². The Balaban J connectivity index is 2.15. The standard InChI is InChI=1S/C18H32N4/c1-5-22(6-2)18(15-21-13-11-19-12-14-21)16-7-9-17(10-8-16)20(3)4/h7-10,18-19H,5-6,11-15H2,1-4H3. The molecule has 1 atom stereocenters. The molecule has 2 rings (SSSR count). The van der Waals surface area contributed by atoms with E-state index in [2.05, 4.69) is 72.2 Å². The van der Waals surface area contributed by atoms with E-state index in [1.807, 2.05) is 0 Å². The minimum absolute atomic E-state index is 0.490. The van der Waals surface area contributed by atoms with Crippen LogP contribution in [0.3, 0.4) is 0 Å². The highest BCUT2D eigenvalue weighted by molar-refractivity contribution is 5.46. The fourth-order valence-corrected chi connectivity index (χ4v) is 3.23. The van der Waals surface area contributed by atoms with Gasteiger partial charge in [0.25, 0.3) is 0 Å². The minimum atomic E-state index is 0.490. The van der Waals surface area contributed by atoms with E-state index in [1.54, 1.807) is 0 Å². The highest BCUT2D eigenvalue weighted by Gasteiger charge is 2.22. The van der Waals surface area contributed by atoms with Crippen LogP contribution in [0.25, 0.3) is 0 Å². The Bertz CT molecular complexity index is 419. The van der Waals surface area contributed by atoms with Crippen LogP contribution >= 0.6 is 0 Å². The molecule has 1 aliphatic heterocycles. The van der Waals surface area contributed by atoms with Crippen LogP contribution in [-0.4, -0.2) is 69.7 Å². The summed E-state index contributed by atoms with van der Waals surface area (Å²) < 4.78 is 0. The van der Waals surface area contributed by atoms with Gasteiger partial charge in [-0.15, -0.1) is 0 Å². The van der Waals surface area contributed by atoms with Crippen LogP contribution in [0.15, 0.2) is 24.3 Å². The third-order valence-electron chi connectivity index (χ3n) is 4.69. The minimum Gasteiger partial charge on any atom is -0.378 e. The van der Waals surface area contributed by atoms with Gasteiger partial charge in [0, 0.05) is 58.5 Å². The molecule has 0 aliphatic carbocycles. The number of nitrogens with one attached hydrogen (secondary N) is 1. The normalized spacial score (nSPS) is 17.7. The van der Waals surface area contributed by atoms with Gasteiger partial charge in [0.1, 0.15) is 0 Å². The van der Waals surface area contributed by atoms with Crippen LogP contribution in [0.4, 0.5) is 5.69 Å². The Kier molecular flexibility index (Phi) is 6.68. The lowest BCUT2D eigenvalue weighted by molar-refractivity contribution is 0.138. The van der Waals surface area contributed by atoms with Crippen LogP contribution in [0.2, 0.25) is 0 Å². The third kappa shape index (κ3) is 4.45. The molecular weight excluding hydrogens is 272 g/mol. The lowest BCUT2D eigenvalue weighted by atomic mass is 10.0. The third-order valence-corrected chi connectivity index (χ3v) is 4.69. The number of piperazine rings is 1. The van der Waals surface area contributed by atoms with E-state index in [9.17, 15) is 0 Å². The maximum Gasteiger partial charge on any atom is 0.0475 e. The number of benzene rings is 1. The first-order chi connectivity index (χ1) is 10.7. The van der Waals surface area contributed by atoms with Crippen molar-refractivity contribution >= 4 is 5.69 Å². The van der Waals surface area contributed by atoms with Crippen molar-refractivity contribution in [1.82, 2.24) is 15.1 Å². The zero-order valence-corrected chi connectivity index (χ0v) is 14.7. The summed E-state index contributed by atoms with van der Waals surface area (Å²) in [4.78, 5) is 7.33. The van der Waals surface area contributed by atoms with Gasteiger partial charge in [-0.25, -0.2) is 0 Å². The Labute approximate surface area is 136 Å². The van der Waals surface area contributed by atoms with Gasteiger partial charge in [0.15, 0.2) is 0 Å². The predicted octanol–water partition coefficient (Wildman–Crippen LogP) is 2.04. The van der Waals surface area contributed by atoms with Gasteiger partial charge in [0.2, 0.25) is 0 Å². The van der Waals surface area contributed by atoms with Crippen molar-refractivity contribution < 1.29 is 0 Å². The van der Waals surface area contributed by atoms with Crippen molar-refractivity contribution in [1.29, 1.82) is 0 Å². The van der Waals surface area contributed by atoms with Crippen LogP contribution < -0.4 is 10.2 Å². The van der Waals surface area contributed by atoms with E-state index in [0.717, 1.165) is 45.8 Å². The maximum absolute atomic E-state index is 3.44. The van der Waals surface area contributed by atoms with Crippen molar-refractivity contribution in [3.8, 4) is 0 Å². The second-order valence-electron chi connectivity index (χ2n) is 6.27. The van der Waals surface area contributed by atoms with Crippen LogP contribution in [0.5, 0.6) is 0 Å². The molecule has 4 heteroatoms. The van der Waals surface area contributed by atoms with E-state index in [1.165, 1.54) is 11.3 Å². The summed E-state index contributed by atoms with van der Waals surface area (Å²) in [7, 11) is 4.19. The van der Waals surface area contributed by atoms with E-state index in [0.29, 0.717) is 6.04 Å². The first-order valence-electron chi connectivity index (χ1n) is 8.60. The first kappa shape index (κ1) is 17.3. The molecule has 1 saturated heterocycles. The molecule has 1 aromatic carbocycles. The Morgan fingerprint density at radius 3 is 2.14 bits per heavy atom. The number of hydrogen-bond acceptors (Lipinski definition) is 4. The average molecular weight is 304 g/mol. The number of rotatable bonds is 7. The zero-order valence-electron chi connectivity index (χ0n) is 14.7. The molecule has 1 fully saturated rings. The number of hydrogen-bond donors (Lipinski definition) is 1. The molecule has 4 nitrogen and oxygen atoms in total. The monoisotopic (exact) mass is 304 g/mol. The van der Waals surface area contributed by atoms with E-state index in [4.69, 9.17) is 0 Å². The van der Waals surface area contributed by atoms with Crippen molar-refractivity contribution in [3.05, 3.63) is 29.8 Å². The highest BCUT2D eigenvalue weighted by atomic mass is 15.2. The summed E-state index contributed by atoms with van der Waals surface area (Å²) >= 11 is 0. The molecule has 0 radical (unpaired) electrons. The highest BCUT2D eigenvalue weighted by Crippen LogP contribution is 2.24. The van der Waals surface area contributed by atoms with Crippen LogP contribution in [0, 0.1) is 0 Å². The lowest BCUT2D eigenvalue weighted by Crippen LogP contribution is -2.47. The average Bonchev–Trinajstić information content (AvgIpc) is 2.56. The smallest absolute Gasteiger partial charge is 0.0475 e. The summed E-state index contributed by atoms with van der Waals surface area (Å²) in [6.45, 7) is 12.4. The summed E-state index contributed by atoms with van der Waals surface area (Å²) in [5.41, 5.74) is 2.71.